The lowest BCUT2D eigenvalue weighted by atomic mass is 9.89. The number of aliphatic carboxylic acids is 1. The van der Waals surface area contributed by atoms with Gasteiger partial charge in [0.15, 0.2) is 0 Å². The normalized spacial score (nSPS) is 22.7. The molecule has 0 aliphatic carbocycles. The highest BCUT2D eigenvalue weighted by atomic mass is 19.4. The second-order valence-electron chi connectivity index (χ2n) is 8.03. The van der Waals surface area contributed by atoms with E-state index in [4.69, 9.17) is 19.1 Å². The fraction of sp³-hybridized carbons (Fsp3) is 0.478. The van der Waals surface area contributed by atoms with Crippen molar-refractivity contribution in [3.63, 3.8) is 0 Å². The summed E-state index contributed by atoms with van der Waals surface area (Å²) in [4.78, 5) is 24.0. The number of hydrogen-bond acceptors (Lipinski definition) is 5. The van der Waals surface area contributed by atoms with Gasteiger partial charge in [0.25, 0.3) is 0 Å². The molecular weight excluding hydrogens is 441 g/mol. The molecule has 0 saturated carbocycles. The zero-order valence-corrected chi connectivity index (χ0v) is 18.0. The Labute approximate surface area is 189 Å². The highest BCUT2D eigenvalue weighted by molar-refractivity contribution is 5.79. The first kappa shape index (κ1) is 24.8. The van der Waals surface area contributed by atoms with Crippen molar-refractivity contribution in [2.24, 2.45) is 5.92 Å². The molecule has 0 spiro atoms. The molecule has 0 radical (unpaired) electrons. The molecule has 7 nitrogen and oxygen atoms in total. The largest absolute Gasteiger partial charge is 0.490 e. The molecule has 1 amide bonds. The molecule has 10 heteroatoms. The number of ether oxygens (including phenoxy) is 1. The molecule has 1 aromatic heterocycles. The van der Waals surface area contributed by atoms with E-state index in [0.717, 1.165) is 44.7 Å². The number of furan rings is 1. The Kier molecular flexibility index (Phi) is 8.51. The Bertz CT molecular complexity index is 889. The SMILES string of the molecule is O=C(NCc1ccco1)[C@H]1C[C@H]2OCC[C@H]2N(CCc2ccccc2)C1.O=C(O)C(F)(F)F. The zero-order valence-electron chi connectivity index (χ0n) is 18.0. The van der Waals surface area contributed by atoms with E-state index in [2.05, 4.69) is 34.5 Å². The topological polar surface area (TPSA) is 92.0 Å². The third-order valence-electron chi connectivity index (χ3n) is 5.78. The predicted molar refractivity (Wildman–Crippen MR) is 112 cm³/mol. The van der Waals surface area contributed by atoms with Crippen LogP contribution in [0.1, 0.15) is 24.2 Å². The van der Waals surface area contributed by atoms with Crippen molar-refractivity contribution in [3.8, 4) is 0 Å². The first-order chi connectivity index (χ1) is 15.7. The third-order valence-corrected chi connectivity index (χ3v) is 5.78. The van der Waals surface area contributed by atoms with Crippen LogP contribution in [0, 0.1) is 5.92 Å². The molecule has 0 unspecified atom stereocenters. The molecule has 2 aromatic rings. The van der Waals surface area contributed by atoms with E-state index in [1.165, 1.54) is 5.56 Å². The van der Waals surface area contributed by atoms with Crippen LogP contribution in [0.3, 0.4) is 0 Å². The maximum Gasteiger partial charge on any atom is 0.490 e. The lowest BCUT2D eigenvalue weighted by molar-refractivity contribution is -0.192. The second kappa shape index (κ2) is 11.3. The summed E-state index contributed by atoms with van der Waals surface area (Å²) >= 11 is 0. The lowest BCUT2D eigenvalue weighted by Crippen LogP contribution is -2.53. The Balaban J connectivity index is 0.000000383. The van der Waals surface area contributed by atoms with E-state index in [1.807, 2.05) is 18.2 Å². The molecule has 33 heavy (non-hydrogen) atoms. The van der Waals surface area contributed by atoms with Crippen LogP contribution in [0.2, 0.25) is 0 Å². The van der Waals surface area contributed by atoms with Gasteiger partial charge in [-0.05, 0) is 37.0 Å². The number of carboxylic acids is 1. The predicted octanol–water partition coefficient (Wildman–Crippen LogP) is 3.25. The van der Waals surface area contributed by atoms with E-state index in [1.54, 1.807) is 6.26 Å². The quantitative estimate of drug-likeness (QED) is 0.676. The van der Waals surface area contributed by atoms with Gasteiger partial charge in [0.1, 0.15) is 5.76 Å². The number of fused-ring (bicyclic) bond motifs is 1. The van der Waals surface area contributed by atoms with Crippen LogP contribution in [0.4, 0.5) is 13.2 Å². The van der Waals surface area contributed by atoms with Gasteiger partial charge in [0, 0.05) is 25.7 Å². The van der Waals surface area contributed by atoms with Crippen LogP contribution in [0.15, 0.2) is 53.1 Å². The molecule has 3 atom stereocenters. The average molecular weight is 468 g/mol. The molecule has 2 saturated heterocycles. The van der Waals surface area contributed by atoms with E-state index in [9.17, 15) is 18.0 Å². The summed E-state index contributed by atoms with van der Waals surface area (Å²) in [5, 5.41) is 10.1. The van der Waals surface area contributed by atoms with Crippen molar-refractivity contribution in [2.45, 2.75) is 44.1 Å². The van der Waals surface area contributed by atoms with Crippen LogP contribution in [-0.4, -0.2) is 59.9 Å². The van der Waals surface area contributed by atoms with Gasteiger partial charge in [-0.15, -0.1) is 0 Å². The Morgan fingerprint density at radius 1 is 1.15 bits per heavy atom. The number of likely N-dealkylation sites (tertiary alicyclic amines) is 1. The first-order valence-electron chi connectivity index (χ1n) is 10.7. The Hall–Kier alpha value is -2.85. The number of halogens is 3. The van der Waals surface area contributed by atoms with Crippen LogP contribution in [0.25, 0.3) is 0 Å². The molecule has 180 valence electrons. The number of rotatable bonds is 6. The summed E-state index contributed by atoms with van der Waals surface area (Å²) in [5.74, 6) is -1.90. The third kappa shape index (κ3) is 7.33. The highest BCUT2D eigenvalue weighted by Gasteiger charge is 2.42. The van der Waals surface area contributed by atoms with Crippen molar-refractivity contribution in [3.05, 3.63) is 60.1 Å². The minimum atomic E-state index is -5.08. The molecule has 2 fully saturated rings. The summed E-state index contributed by atoms with van der Waals surface area (Å²) < 4.78 is 43.0. The van der Waals surface area contributed by atoms with Gasteiger partial charge in [0.2, 0.25) is 5.91 Å². The van der Waals surface area contributed by atoms with Crippen molar-refractivity contribution in [1.82, 2.24) is 10.2 Å². The first-order valence-corrected chi connectivity index (χ1v) is 10.7. The Morgan fingerprint density at radius 2 is 1.88 bits per heavy atom. The van der Waals surface area contributed by atoms with Gasteiger partial charge in [-0.1, -0.05) is 30.3 Å². The van der Waals surface area contributed by atoms with E-state index in [0.29, 0.717) is 12.6 Å². The average Bonchev–Trinajstić information content (AvgIpc) is 3.48. The van der Waals surface area contributed by atoms with Crippen molar-refractivity contribution in [1.29, 1.82) is 0 Å². The second-order valence-corrected chi connectivity index (χ2v) is 8.03. The molecule has 3 heterocycles. The smallest absolute Gasteiger partial charge is 0.475 e. The Morgan fingerprint density at radius 3 is 2.52 bits per heavy atom. The summed E-state index contributed by atoms with van der Waals surface area (Å²) in [7, 11) is 0. The number of nitrogens with one attached hydrogen (secondary N) is 1. The van der Waals surface area contributed by atoms with E-state index >= 15 is 0 Å². The van der Waals surface area contributed by atoms with Gasteiger partial charge >= 0.3 is 12.1 Å². The summed E-state index contributed by atoms with van der Waals surface area (Å²) in [6, 6.07) is 14.7. The van der Waals surface area contributed by atoms with Gasteiger partial charge in [-0.3, -0.25) is 9.69 Å². The molecule has 2 aliphatic heterocycles. The molecule has 2 aliphatic rings. The molecule has 2 N–H and O–H groups in total. The maximum absolute atomic E-state index is 12.7. The number of benzene rings is 1. The number of nitrogens with zero attached hydrogens (tertiary/aromatic N) is 1. The highest BCUT2D eigenvalue weighted by Crippen LogP contribution is 2.31. The van der Waals surface area contributed by atoms with Gasteiger partial charge in [0.05, 0.1) is 24.8 Å². The van der Waals surface area contributed by atoms with Crippen LogP contribution >= 0.6 is 0 Å². The van der Waals surface area contributed by atoms with Crippen molar-refractivity contribution in [2.75, 3.05) is 19.7 Å². The van der Waals surface area contributed by atoms with E-state index in [-0.39, 0.29) is 17.9 Å². The number of piperidine rings is 1. The van der Waals surface area contributed by atoms with Crippen molar-refractivity contribution < 1.29 is 37.0 Å². The minimum absolute atomic E-state index is 0.0277. The summed E-state index contributed by atoms with van der Waals surface area (Å²) in [6.07, 6.45) is -0.384. The lowest BCUT2D eigenvalue weighted by Gasteiger charge is -2.40. The summed E-state index contributed by atoms with van der Waals surface area (Å²) in [6.45, 7) is 3.02. The maximum atomic E-state index is 12.7. The number of amides is 1. The minimum Gasteiger partial charge on any atom is -0.475 e. The van der Waals surface area contributed by atoms with Gasteiger partial charge in [-0.2, -0.15) is 13.2 Å². The van der Waals surface area contributed by atoms with Crippen LogP contribution in [-0.2, 0) is 27.3 Å². The molecule has 0 bridgehead atoms. The van der Waals surface area contributed by atoms with Gasteiger partial charge in [-0.25, -0.2) is 4.79 Å². The van der Waals surface area contributed by atoms with E-state index < -0.39 is 12.1 Å². The number of hydrogen-bond donors (Lipinski definition) is 2. The monoisotopic (exact) mass is 468 g/mol. The summed E-state index contributed by atoms with van der Waals surface area (Å²) in [5.41, 5.74) is 1.34. The molecule has 1 aromatic carbocycles. The van der Waals surface area contributed by atoms with Crippen molar-refractivity contribution >= 4 is 11.9 Å². The van der Waals surface area contributed by atoms with Crippen LogP contribution in [0.5, 0.6) is 0 Å². The van der Waals surface area contributed by atoms with Crippen LogP contribution < -0.4 is 5.32 Å². The zero-order chi connectivity index (χ0) is 23.8. The number of alkyl halides is 3. The molecular formula is C23H27F3N2O5. The fourth-order valence-corrected chi connectivity index (χ4v) is 4.15. The number of carbonyl (C=O) groups is 2. The fourth-order valence-electron chi connectivity index (χ4n) is 4.15. The van der Waals surface area contributed by atoms with Gasteiger partial charge < -0.3 is 19.6 Å². The molecule has 4 rings (SSSR count). The number of carbonyl (C=O) groups excluding carboxylic acids is 1. The number of carboxylic acid groups (broad SMARTS) is 1. The standard InChI is InChI=1S/C21H26N2O3.C2HF3O2/c24-21(22-14-18-7-4-11-25-18)17-13-20-19(9-12-26-20)23(15-17)10-8-16-5-2-1-3-6-16;3-2(4,5)1(6)7/h1-7,11,17,19-20H,8-10,12-15H2,(H,22,24);(H,6,7)/t17-,19+,20+;/m0./s1.